The lowest BCUT2D eigenvalue weighted by molar-refractivity contribution is 0.616. The van der Waals surface area contributed by atoms with Crippen LogP contribution in [0, 0.1) is 19.8 Å². The Balaban J connectivity index is 0.000000337. The van der Waals surface area contributed by atoms with E-state index in [0.29, 0.717) is 17.8 Å². The molecule has 0 saturated heterocycles. The molecular weight excluding hydrogens is 745 g/mol. The predicted molar refractivity (Wildman–Crippen MR) is 273 cm³/mol. The second-order valence-electron chi connectivity index (χ2n) is 17.9. The Morgan fingerprint density at radius 2 is 1.18 bits per heavy atom. The van der Waals surface area contributed by atoms with Gasteiger partial charge in [0.25, 0.3) is 0 Å². The molecule has 0 aliphatic heterocycles. The number of benzene rings is 7. The molecule has 0 nitrogen and oxygen atoms in total. The van der Waals surface area contributed by atoms with Crippen LogP contribution in [0.1, 0.15) is 136 Å². The van der Waals surface area contributed by atoms with Gasteiger partial charge in [-0.05, 0) is 123 Å². The maximum absolute atomic E-state index is 4.22. The van der Waals surface area contributed by atoms with Crippen LogP contribution in [0.3, 0.4) is 0 Å². The Kier molecular flexibility index (Phi) is 15.4. The first kappa shape index (κ1) is 45.8. The second kappa shape index (κ2) is 20.9. The lowest BCUT2D eigenvalue weighted by Gasteiger charge is -2.28. The topological polar surface area (TPSA) is 0 Å². The Bertz CT molecular complexity index is 2550. The van der Waals surface area contributed by atoms with Crippen LogP contribution in [0.5, 0.6) is 0 Å². The summed E-state index contributed by atoms with van der Waals surface area (Å²) < 4.78 is 0. The molecule has 3 unspecified atom stereocenters. The molecular formula is C62H70. The van der Waals surface area contributed by atoms with E-state index in [9.17, 15) is 0 Å². The molecule has 0 amide bonds. The summed E-state index contributed by atoms with van der Waals surface area (Å²) in [5.41, 5.74) is 19.8. The van der Waals surface area contributed by atoms with Crippen LogP contribution in [0.4, 0.5) is 0 Å². The molecule has 0 fully saturated rings. The Morgan fingerprint density at radius 1 is 0.629 bits per heavy atom. The summed E-state index contributed by atoms with van der Waals surface area (Å²) in [4.78, 5) is 0. The fourth-order valence-electron chi connectivity index (χ4n) is 9.70. The van der Waals surface area contributed by atoms with Gasteiger partial charge in [-0.2, -0.15) is 0 Å². The molecule has 0 bridgehead atoms. The lowest BCUT2D eigenvalue weighted by Crippen LogP contribution is -2.16. The van der Waals surface area contributed by atoms with Crippen molar-refractivity contribution >= 4 is 16.3 Å². The number of hydrogen-bond donors (Lipinski definition) is 0. The van der Waals surface area contributed by atoms with Crippen molar-refractivity contribution in [2.45, 2.75) is 112 Å². The molecule has 0 aromatic heterocycles. The van der Waals surface area contributed by atoms with E-state index >= 15 is 0 Å². The van der Waals surface area contributed by atoms with Gasteiger partial charge < -0.3 is 0 Å². The van der Waals surface area contributed by atoms with Crippen LogP contribution in [0.15, 0.2) is 176 Å². The van der Waals surface area contributed by atoms with Crippen molar-refractivity contribution < 1.29 is 0 Å². The van der Waals surface area contributed by atoms with Crippen molar-refractivity contribution in [1.82, 2.24) is 0 Å². The summed E-state index contributed by atoms with van der Waals surface area (Å²) >= 11 is 0. The minimum Gasteiger partial charge on any atom is -0.0984 e. The van der Waals surface area contributed by atoms with E-state index in [1.165, 1.54) is 89.5 Å². The molecule has 0 heteroatoms. The molecule has 0 radical (unpaired) electrons. The van der Waals surface area contributed by atoms with Crippen molar-refractivity contribution in [3.8, 4) is 11.1 Å². The highest BCUT2D eigenvalue weighted by Crippen LogP contribution is 2.53. The Labute approximate surface area is 375 Å². The average Bonchev–Trinajstić information content (AvgIpc) is 3.53. The third-order valence-electron chi connectivity index (χ3n) is 13.3. The van der Waals surface area contributed by atoms with E-state index in [1.807, 2.05) is 50.2 Å². The van der Waals surface area contributed by atoms with Crippen molar-refractivity contribution in [2.75, 3.05) is 0 Å². The van der Waals surface area contributed by atoms with Crippen molar-refractivity contribution in [3.63, 3.8) is 0 Å². The van der Waals surface area contributed by atoms with Gasteiger partial charge in [-0.3, -0.25) is 0 Å². The molecule has 0 spiro atoms. The van der Waals surface area contributed by atoms with Crippen LogP contribution >= 0.6 is 0 Å². The first-order chi connectivity index (χ1) is 30.0. The third-order valence-corrected chi connectivity index (χ3v) is 13.3. The number of aryl methyl sites for hydroxylation is 2. The SMILES string of the molecule is C=CC1=C(CCC)C(C)Cc2cc(Cc3cc4c(c5ccccc35)-c3ccc(C(C)C(C)c5ccccc5)cc3C4(C)C)ccc21.CC.Cc1ccccc1.Cc1ccccc1. The van der Waals surface area contributed by atoms with Gasteiger partial charge in [-0.1, -0.05) is 249 Å². The van der Waals surface area contributed by atoms with Crippen LogP contribution in [0.25, 0.3) is 27.5 Å². The molecule has 62 heavy (non-hydrogen) atoms. The summed E-state index contributed by atoms with van der Waals surface area (Å²) in [6.07, 6.45) is 6.50. The van der Waals surface area contributed by atoms with Crippen LogP contribution < -0.4 is 0 Å². The van der Waals surface area contributed by atoms with Crippen molar-refractivity contribution in [3.05, 3.63) is 232 Å². The maximum atomic E-state index is 4.22. The van der Waals surface area contributed by atoms with Gasteiger partial charge in [0, 0.05) is 5.41 Å². The van der Waals surface area contributed by atoms with Gasteiger partial charge in [0.05, 0.1) is 0 Å². The third kappa shape index (κ3) is 9.98. The van der Waals surface area contributed by atoms with E-state index in [-0.39, 0.29) is 5.41 Å². The molecule has 0 N–H and O–H groups in total. The van der Waals surface area contributed by atoms with Gasteiger partial charge in [0.1, 0.15) is 0 Å². The van der Waals surface area contributed by atoms with Crippen molar-refractivity contribution in [2.24, 2.45) is 5.92 Å². The molecule has 9 rings (SSSR count). The monoisotopic (exact) mass is 815 g/mol. The molecule has 318 valence electrons. The minimum absolute atomic E-state index is 0.0697. The standard InChI is InChI=1S/C46H48.2C7H8.C2H6/c1-8-15-38-29(3)24-35-25-32(20-22-40(35)37(38)9-2)26-36-28-44-45(41-19-14-13-18-39(36)41)42-23-21-34(27-43(42)46(44,6)7)31(5)30(4)33-16-11-10-12-17-33;2*1-7-5-3-2-4-6-7;1-2/h9-14,16-23,25,27-31H,2,8,15,24,26H2,1,3-7H3;2*2-6H,1H3;1-2H3. The highest BCUT2D eigenvalue weighted by molar-refractivity contribution is 6.04. The first-order valence-electron chi connectivity index (χ1n) is 23.3. The molecule has 3 atom stereocenters. The zero-order chi connectivity index (χ0) is 44.4. The fourth-order valence-corrected chi connectivity index (χ4v) is 9.70. The smallest absolute Gasteiger partial charge is 0.0159 e. The van der Waals surface area contributed by atoms with Gasteiger partial charge in [-0.25, -0.2) is 0 Å². The molecule has 0 heterocycles. The maximum Gasteiger partial charge on any atom is 0.0159 e. The highest BCUT2D eigenvalue weighted by atomic mass is 14.4. The highest BCUT2D eigenvalue weighted by Gasteiger charge is 2.38. The summed E-state index contributed by atoms with van der Waals surface area (Å²) in [6, 6.07) is 57.7. The fraction of sp³-hybridized carbons (Fsp3) is 0.290. The minimum atomic E-state index is -0.0697. The Morgan fingerprint density at radius 3 is 1.74 bits per heavy atom. The van der Waals surface area contributed by atoms with Gasteiger partial charge >= 0.3 is 0 Å². The van der Waals surface area contributed by atoms with Crippen molar-refractivity contribution in [1.29, 1.82) is 0 Å². The zero-order valence-electron chi connectivity index (χ0n) is 39.4. The average molecular weight is 815 g/mol. The number of rotatable bonds is 8. The quantitative estimate of drug-likeness (QED) is 0.143. The molecule has 0 saturated carbocycles. The summed E-state index contributed by atoms with van der Waals surface area (Å²) in [7, 11) is 0. The molecule has 2 aliphatic carbocycles. The van der Waals surface area contributed by atoms with E-state index in [4.69, 9.17) is 0 Å². The largest absolute Gasteiger partial charge is 0.0984 e. The van der Waals surface area contributed by atoms with Crippen LogP contribution in [-0.4, -0.2) is 0 Å². The summed E-state index contributed by atoms with van der Waals surface area (Å²) in [5.74, 6) is 1.45. The molecule has 7 aromatic rings. The van der Waals surface area contributed by atoms with Crippen LogP contribution in [0.2, 0.25) is 0 Å². The predicted octanol–water partition coefficient (Wildman–Crippen LogP) is 17.6. The normalized spacial score (nSPS) is 15.2. The first-order valence-corrected chi connectivity index (χ1v) is 23.3. The van der Waals surface area contributed by atoms with Gasteiger partial charge in [0.2, 0.25) is 0 Å². The van der Waals surface area contributed by atoms with E-state index in [2.05, 4.69) is 189 Å². The van der Waals surface area contributed by atoms with E-state index in [1.54, 1.807) is 5.57 Å². The second-order valence-corrected chi connectivity index (χ2v) is 17.9. The number of fused-ring (bicyclic) bond motifs is 6. The van der Waals surface area contributed by atoms with E-state index in [0.717, 1.165) is 19.3 Å². The number of allylic oxidation sites excluding steroid dienone is 3. The van der Waals surface area contributed by atoms with Crippen LogP contribution in [-0.2, 0) is 18.3 Å². The Hall–Kier alpha value is -5.72. The van der Waals surface area contributed by atoms with Gasteiger partial charge in [-0.15, -0.1) is 0 Å². The van der Waals surface area contributed by atoms with E-state index < -0.39 is 0 Å². The molecule has 2 aliphatic rings. The summed E-state index contributed by atoms with van der Waals surface area (Å²) in [6.45, 7) is 26.7. The van der Waals surface area contributed by atoms with Gasteiger partial charge in [0.15, 0.2) is 0 Å². The summed E-state index contributed by atoms with van der Waals surface area (Å²) in [5, 5.41) is 2.76. The zero-order valence-corrected chi connectivity index (χ0v) is 39.4. The molecule has 7 aromatic carbocycles. The lowest BCUT2D eigenvalue weighted by atomic mass is 9.77. The number of hydrogen-bond acceptors (Lipinski definition) is 0.